The van der Waals surface area contributed by atoms with Crippen LogP contribution in [0.1, 0.15) is 21.7 Å². The van der Waals surface area contributed by atoms with Crippen molar-refractivity contribution in [3.8, 4) is 0 Å². The minimum absolute atomic E-state index is 0.0110. The zero-order valence-corrected chi connectivity index (χ0v) is 11.2. The van der Waals surface area contributed by atoms with Gasteiger partial charge in [-0.3, -0.25) is 4.98 Å². The lowest BCUT2D eigenvalue weighted by molar-refractivity contribution is 0.0697. The molecule has 2 aromatic rings. The standard InChI is InChI=1S/C13H12ClN3O2/c1-7-3-4-11(8(2)16-7)17-12-5-9(13(18)19)10(14)6-15-12/h3-6H,1-2H3,(H,15,17)(H,18,19). The third kappa shape index (κ3) is 3.00. The topological polar surface area (TPSA) is 75.1 Å². The van der Waals surface area contributed by atoms with Crippen molar-refractivity contribution in [3.63, 3.8) is 0 Å². The van der Waals surface area contributed by atoms with Crippen molar-refractivity contribution in [2.45, 2.75) is 13.8 Å². The van der Waals surface area contributed by atoms with E-state index in [4.69, 9.17) is 16.7 Å². The third-order valence-electron chi connectivity index (χ3n) is 2.57. The first kappa shape index (κ1) is 13.3. The summed E-state index contributed by atoms with van der Waals surface area (Å²) in [5, 5.41) is 12.1. The number of aryl methyl sites for hydroxylation is 2. The Morgan fingerprint density at radius 3 is 2.74 bits per heavy atom. The molecule has 0 aliphatic carbocycles. The van der Waals surface area contributed by atoms with Crippen LogP contribution in [0.4, 0.5) is 11.5 Å². The van der Waals surface area contributed by atoms with Gasteiger partial charge in [0.05, 0.1) is 22.0 Å². The van der Waals surface area contributed by atoms with Crippen LogP contribution in [0.5, 0.6) is 0 Å². The van der Waals surface area contributed by atoms with Crippen molar-refractivity contribution in [3.05, 3.63) is 46.4 Å². The Kier molecular flexibility index (Phi) is 3.66. The minimum atomic E-state index is -1.09. The number of hydrogen-bond donors (Lipinski definition) is 2. The van der Waals surface area contributed by atoms with Crippen LogP contribution in [0, 0.1) is 13.8 Å². The fraction of sp³-hybridized carbons (Fsp3) is 0.154. The van der Waals surface area contributed by atoms with E-state index in [1.165, 1.54) is 12.3 Å². The van der Waals surface area contributed by atoms with Gasteiger partial charge in [-0.25, -0.2) is 9.78 Å². The molecule has 0 saturated heterocycles. The van der Waals surface area contributed by atoms with Crippen molar-refractivity contribution >= 4 is 29.1 Å². The average Bonchev–Trinajstić information content (AvgIpc) is 2.34. The quantitative estimate of drug-likeness (QED) is 0.901. The summed E-state index contributed by atoms with van der Waals surface area (Å²) in [4.78, 5) is 19.3. The van der Waals surface area contributed by atoms with E-state index in [-0.39, 0.29) is 10.6 Å². The zero-order chi connectivity index (χ0) is 14.0. The van der Waals surface area contributed by atoms with Crippen molar-refractivity contribution in [2.75, 3.05) is 5.32 Å². The highest BCUT2D eigenvalue weighted by Gasteiger charge is 2.11. The van der Waals surface area contributed by atoms with Crippen LogP contribution in [-0.4, -0.2) is 21.0 Å². The molecular weight excluding hydrogens is 266 g/mol. The Balaban J connectivity index is 2.33. The summed E-state index contributed by atoms with van der Waals surface area (Å²) < 4.78 is 0. The van der Waals surface area contributed by atoms with Gasteiger partial charge in [-0.2, -0.15) is 0 Å². The lowest BCUT2D eigenvalue weighted by Gasteiger charge is -2.09. The second kappa shape index (κ2) is 5.24. The van der Waals surface area contributed by atoms with E-state index in [1.54, 1.807) is 0 Å². The predicted octanol–water partition coefficient (Wildman–Crippen LogP) is 3.19. The first-order valence-corrected chi connectivity index (χ1v) is 5.95. The number of hydrogen-bond acceptors (Lipinski definition) is 4. The van der Waals surface area contributed by atoms with Gasteiger partial charge in [-0.15, -0.1) is 0 Å². The first-order chi connectivity index (χ1) is 8.97. The number of carboxylic acids is 1. The summed E-state index contributed by atoms with van der Waals surface area (Å²) in [6.45, 7) is 3.77. The lowest BCUT2D eigenvalue weighted by atomic mass is 10.2. The molecule has 0 unspecified atom stereocenters. The molecule has 0 aromatic carbocycles. The van der Waals surface area contributed by atoms with E-state index < -0.39 is 5.97 Å². The van der Waals surface area contributed by atoms with E-state index in [2.05, 4.69) is 15.3 Å². The van der Waals surface area contributed by atoms with Crippen LogP contribution in [0.2, 0.25) is 5.02 Å². The normalized spacial score (nSPS) is 10.3. The van der Waals surface area contributed by atoms with E-state index in [0.29, 0.717) is 5.82 Å². The summed E-state index contributed by atoms with van der Waals surface area (Å²) in [5.41, 5.74) is 2.51. The molecule has 5 nitrogen and oxygen atoms in total. The molecule has 19 heavy (non-hydrogen) atoms. The molecule has 0 aliphatic rings. The molecule has 6 heteroatoms. The van der Waals surface area contributed by atoms with Crippen LogP contribution in [0.15, 0.2) is 24.4 Å². The highest BCUT2D eigenvalue weighted by atomic mass is 35.5. The Hall–Kier alpha value is -2.14. The molecule has 0 radical (unpaired) electrons. The highest BCUT2D eigenvalue weighted by Crippen LogP contribution is 2.22. The Morgan fingerprint density at radius 1 is 1.37 bits per heavy atom. The average molecular weight is 278 g/mol. The molecule has 2 aromatic heterocycles. The first-order valence-electron chi connectivity index (χ1n) is 5.57. The lowest BCUT2D eigenvalue weighted by Crippen LogP contribution is -2.02. The number of carbonyl (C=O) groups is 1. The van der Waals surface area contributed by atoms with Gasteiger partial charge in [0.25, 0.3) is 0 Å². The van der Waals surface area contributed by atoms with Gasteiger partial charge < -0.3 is 10.4 Å². The van der Waals surface area contributed by atoms with Crippen molar-refractivity contribution < 1.29 is 9.90 Å². The molecule has 0 saturated carbocycles. The molecule has 2 rings (SSSR count). The highest BCUT2D eigenvalue weighted by molar-refractivity contribution is 6.33. The molecular formula is C13H12ClN3O2. The number of aromatic carboxylic acids is 1. The zero-order valence-electron chi connectivity index (χ0n) is 10.4. The smallest absolute Gasteiger partial charge is 0.337 e. The van der Waals surface area contributed by atoms with Gasteiger partial charge in [0.2, 0.25) is 0 Å². The molecule has 0 amide bonds. The van der Waals surface area contributed by atoms with Gasteiger partial charge in [-0.1, -0.05) is 11.6 Å². The maximum absolute atomic E-state index is 11.0. The van der Waals surface area contributed by atoms with Crippen LogP contribution in [-0.2, 0) is 0 Å². The summed E-state index contributed by atoms with van der Waals surface area (Å²) >= 11 is 5.76. The van der Waals surface area contributed by atoms with Crippen LogP contribution in [0.25, 0.3) is 0 Å². The number of nitrogens with one attached hydrogen (secondary N) is 1. The van der Waals surface area contributed by atoms with Gasteiger partial charge in [0.1, 0.15) is 5.82 Å². The predicted molar refractivity (Wildman–Crippen MR) is 73.2 cm³/mol. The van der Waals surface area contributed by atoms with E-state index in [1.807, 2.05) is 26.0 Å². The maximum atomic E-state index is 11.0. The van der Waals surface area contributed by atoms with Crippen molar-refractivity contribution in [2.24, 2.45) is 0 Å². The SMILES string of the molecule is Cc1ccc(Nc2cc(C(=O)O)c(Cl)cn2)c(C)n1. The largest absolute Gasteiger partial charge is 0.478 e. The number of rotatable bonds is 3. The number of halogens is 1. The minimum Gasteiger partial charge on any atom is -0.478 e. The van der Waals surface area contributed by atoms with Crippen molar-refractivity contribution in [1.82, 2.24) is 9.97 Å². The fourth-order valence-electron chi connectivity index (χ4n) is 1.63. The Morgan fingerprint density at radius 2 is 2.11 bits per heavy atom. The monoisotopic (exact) mass is 277 g/mol. The molecule has 2 N–H and O–H groups in total. The number of nitrogens with zero attached hydrogens (tertiary/aromatic N) is 2. The van der Waals surface area contributed by atoms with Crippen molar-refractivity contribution in [1.29, 1.82) is 0 Å². The molecule has 2 heterocycles. The molecule has 0 aliphatic heterocycles. The summed E-state index contributed by atoms with van der Waals surface area (Å²) in [7, 11) is 0. The second-order valence-corrected chi connectivity index (χ2v) is 4.47. The summed E-state index contributed by atoms with van der Waals surface area (Å²) in [6, 6.07) is 5.13. The second-order valence-electron chi connectivity index (χ2n) is 4.07. The van der Waals surface area contributed by atoms with E-state index in [0.717, 1.165) is 17.1 Å². The van der Waals surface area contributed by atoms with E-state index >= 15 is 0 Å². The number of anilines is 2. The Labute approximate surface area is 115 Å². The van der Waals surface area contributed by atoms with Gasteiger partial charge in [0.15, 0.2) is 0 Å². The summed E-state index contributed by atoms with van der Waals surface area (Å²) in [5.74, 6) is -0.676. The molecule has 0 spiro atoms. The molecule has 0 bridgehead atoms. The third-order valence-corrected chi connectivity index (χ3v) is 2.87. The van der Waals surface area contributed by atoms with Crippen LogP contribution in [0.3, 0.4) is 0 Å². The fourth-order valence-corrected chi connectivity index (χ4v) is 1.81. The van der Waals surface area contributed by atoms with Gasteiger partial charge >= 0.3 is 5.97 Å². The molecule has 98 valence electrons. The van der Waals surface area contributed by atoms with Crippen LogP contribution >= 0.6 is 11.6 Å². The number of pyridine rings is 2. The molecule has 0 fully saturated rings. The maximum Gasteiger partial charge on any atom is 0.337 e. The van der Waals surface area contributed by atoms with E-state index in [9.17, 15) is 4.79 Å². The molecule has 0 atom stereocenters. The number of carboxylic acid groups (broad SMARTS) is 1. The Bertz CT molecular complexity index is 644. The van der Waals surface area contributed by atoms with Gasteiger partial charge in [-0.05, 0) is 32.0 Å². The van der Waals surface area contributed by atoms with Gasteiger partial charge in [0, 0.05) is 11.9 Å². The summed E-state index contributed by atoms with van der Waals surface area (Å²) in [6.07, 6.45) is 1.31. The van der Waals surface area contributed by atoms with Crippen LogP contribution < -0.4 is 5.32 Å². The number of aromatic nitrogens is 2.